The first kappa shape index (κ1) is 16.4. The molecule has 2 atom stereocenters. The fourth-order valence-corrected chi connectivity index (χ4v) is 4.27. The van der Waals surface area contributed by atoms with Crippen molar-refractivity contribution < 1.29 is 9.53 Å². The Balaban J connectivity index is 1.69. The monoisotopic (exact) mass is 341 g/mol. The summed E-state index contributed by atoms with van der Waals surface area (Å²) >= 11 is 0. The molecule has 0 N–H and O–H groups in total. The number of benzene rings is 1. The average Bonchev–Trinajstić information content (AvgIpc) is 2.73. The van der Waals surface area contributed by atoms with E-state index in [1.54, 1.807) is 0 Å². The Morgan fingerprint density at radius 1 is 1.20 bits per heavy atom. The van der Waals surface area contributed by atoms with Crippen molar-refractivity contribution in [3.63, 3.8) is 0 Å². The van der Waals surface area contributed by atoms with Gasteiger partial charge in [-0.3, -0.25) is 0 Å². The van der Waals surface area contributed by atoms with Crippen LogP contribution in [-0.2, 0) is 11.3 Å². The first-order valence-electron chi connectivity index (χ1n) is 9.32. The summed E-state index contributed by atoms with van der Waals surface area (Å²) in [6, 6.07) is 4.57. The maximum atomic E-state index is 12.6. The number of fused-ring (bicyclic) bond motifs is 4. The average molecular weight is 341 g/mol. The lowest BCUT2D eigenvalue weighted by atomic mass is 9.78. The van der Waals surface area contributed by atoms with Gasteiger partial charge < -0.3 is 14.2 Å². The number of imidazole rings is 1. The van der Waals surface area contributed by atoms with Crippen LogP contribution in [0.1, 0.15) is 63.5 Å². The highest BCUT2D eigenvalue weighted by Crippen LogP contribution is 2.44. The zero-order valence-corrected chi connectivity index (χ0v) is 15.6. The van der Waals surface area contributed by atoms with Crippen LogP contribution < -0.4 is 0 Å². The molecule has 0 radical (unpaired) electrons. The molecule has 2 unspecified atom stereocenters. The van der Waals surface area contributed by atoms with Crippen molar-refractivity contribution in [2.75, 3.05) is 13.1 Å². The quantitative estimate of drug-likeness (QED) is 0.778. The number of ether oxygens (including phenoxy) is 1. The van der Waals surface area contributed by atoms with Crippen LogP contribution in [0.15, 0.2) is 18.5 Å². The fraction of sp³-hybridized carbons (Fsp3) is 0.600. The molecule has 134 valence electrons. The van der Waals surface area contributed by atoms with Gasteiger partial charge in [-0.1, -0.05) is 0 Å². The smallest absolute Gasteiger partial charge is 0.410 e. The minimum atomic E-state index is -0.452. The van der Waals surface area contributed by atoms with E-state index in [2.05, 4.69) is 28.6 Å². The predicted octanol–water partition coefficient (Wildman–Crippen LogP) is 4.27. The van der Waals surface area contributed by atoms with Gasteiger partial charge in [-0.15, -0.1) is 0 Å². The predicted molar refractivity (Wildman–Crippen MR) is 97.9 cm³/mol. The van der Waals surface area contributed by atoms with E-state index in [-0.39, 0.29) is 6.09 Å². The van der Waals surface area contributed by atoms with Gasteiger partial charge in [0, 0.05) is 31.5 Å². The van der Waals surface area contributed by atoms with Crippen molar-refractivity contribution in [1.29, 1.82) is 0 Å². The molecule has 2 bridgehead atoms. The van der Waals surface area contributed by atoms with E-state index in [9.17, 15) is 4.79 Å². The van der Waals surface area contributed by atoms with E-state index in [0.29, 0.717) is 11.8 Å². The van der Waals surface area contributed by atoms with Crippen molar-refractivity contribution >= 4 is 17.1 Å². The summed E-state index contributed by atoms with van der Waals surface area (Å²) in [4.78, 5) is 19.1. The third kappa shape index (κ3) is 2.90. The summed E-state index contributed by atoms with van der Waals surface area (Å²) in [5, 5.41) is 0. The summed E-state index contributed by atoms with van der Waals surface area (Å²) in [7, 11) is 0. The SMILES string of the molecule is CCn1cnc2cc3c(cc21)C1CCC3CN(C(=O)OC(C)(C)C)C1. The Morgan fingerprint density at radius 3 is 2.44 bits per heavy atom. The number of carbonyl (C=O) groups excluding carboxylic acids is 1. The molecule has 0 spiro atoms. The van der Waals surface area contributed by atoms with Gasteiger partial charge in [0.25, 0.3) is 0 Å². The van der Waals surface area contributed by atoms with Crippen LogP contribution in [0.4, 0.5) is 4.79 Å². The highest BCUT2D eigenvalue weighted by Gasteiger charge is 2.37. The van der Waals surface area contributed by atoms with E-state index in [1.165, 1.54) is 16.6 Å². The largest absolute Gasteiger partial charge is 0.444 e. The normalized spacial score (nSPS) is 22.8. The van der Waals surface area contributed by atoms with E-state index in [0.717, 1.165) is 38.0 Å². The van der Waals surface area contributed by atoms with Crippen LogP contribution in [0.5, 0.6) is 0 Å². The molecule has 1 aromatic carbocycles. The fourth-order valence-electron chi connectivity index (χ4n) is 4.27. The molecule has 25 heavy (non-hydrogen) atoms. The molecular weight excluding hydrogens is 314 g/mol. The number of hydrogen-bond donors (Lipinski definition) is 0. The molecule has 3 heterocycles. The highest BCUT2D eigenvalue weighted by atomic mass is 16.6. The molecule has 0 saturated carbocycles. The number of hydrogen-bond acceptors (Lipinski definition) is 3. The maximum absolute atomic E-state index is 12.6. The second-order valence-electron chi connectivity index (χ2n) is 8.36. The van der Waals surface area contributed by atoms with E-state index in [4.69, 9.17) is 4.74 Å². The lowest BCUT2D eigenvalue weighted by Crippen LogP contribution is -2.38. The summed E-state index contributed by atoms with van der Waals surface area (Å²) < 4.78 is 7.82. The van der Waals surface area contributed by atoms with Gasteiger partial charge in [-0.2, -0.15) is 0 Å². The Hall–Kier alpha value is -2.04. The minimum Gasteiger partial charge on any atom is -0.444 e. The number of rotatable bonds is 1. The Labute approximate surface area is 149 Å². The van der Waals surface area contributed by atoms with Crippen molar-refractivity contribution in [3.05, 3.63) is 29.6 Å². The number of nitrogens with zero attached hydrogens (tertiary/aromatic N) is 3. The molecular formula is C20H27N3O2. The van der Waals surface area contributed by atoms with Gasteiger partial charge >= 0.3 is 6.09 Å². The molecule has 3 aliphatic rings. The molecule has 5 heteroatoms. The third-order valence-corrected chi connectivity index (χ3v) is 5.44. The van der Waals surface area contributed by atoms with Gasteiger partial charge in [0.05, 0.1) is 17.4 Å². The number of amides is 1. The lowest BCUT2D eigenvalue weighted by Gasteiger charge is -2.27. The highest BCUT2D eigenvalue weighted by molar-refractivity contribution is 5.78. The summed E-state index contributed by atoms with van der Waals surface area (Å²) in [6.07, 6.45) is 4.02. The van der Waals surface area contributed by atoms with E-state index >= 15 is 0 Å². The van der Waals surface area contributed by atoms with Crippen LogP contribution in [-0.4, -0.2) is 39.2 Å². The van der Waals surface area contributed by atoms with Crippen molar-refractivity contribution in [2.24, 2.45) is 0 Å². The molecule has 2 aliphatic heterocycles. The Kier molecular flexibility index (Phi) is 3.78. The standard InChI is InChI=1S/C20H27N3O2/c1-5-22-12-21-17-8-15-13-6-7-14(16(15)9-18(17)22)11-23(10-13)19(24)25-20(2,3)4/h8-9,12-14H,5-7,10-11H2,1-4H3. The topological polar surface area (TPSA) is 47.4 Å². The summed E-state index contributed by atoms with van der Waals surface area (Å²) in [5.74, 6) is 0.781. The Bertz CT molecular complexity index is 818. The third-order valence-electron chi connectivity index (χ3n) is 5.44. The van der Waals surface area contributed by atoms with E-state index < -0.39 is 5.60 Å². The molecule has 1 amide bonds. The zero-order chi connectivity index (χ0) is 17.8. The number of aryl methyl sites for hydroxylation is 1. The molecule has 5 rings (SSSR count). The van der Waals surface area contributed by atoms with Crippen molar-refractivity contribution in [1.82, 2.24) is 14.5 Å². The summed E-state index contributed by atoms with van der Waals surface area (Å²) in [6.45, 7) is 10.3. The lowest BCUT2D eigenvalue weighted by molar-refractivity contribution is 0.0246. The molecule has 1 aliphatic carbocycles. The van der Waals surface area contributed by atoms with Crippen LogP contribution >= 0.6 is 0 Å². The molecule has 1 aromatic heterocycles. The molecule has 2 aromatic rings. The van der Waals surface area contributed by atoms with Crippen LogP contribution in [0.2, 0.25) is 0 Å². The second-order valence-corrected chi connectivity index (χ2v) is 8.36. The second kappa shape index (κ2) is 5.75. The van der Waals surface area contributed by atoms with Crippen LogP contribution in [0, 0.1) is 0 Å². The Morgan fingerprint density at radius 2 is 1.84 bits per heavy atom. The van der Waals surface area contributed by atoms with Crippen LogP contribution in [0.25, 0.3) is 11.0 Å². The van der Waals surface area contributed by atoms with Gasteiger partial charge in [-0.25, -0.2) is 9.78 Å². The van der Waals surface area contributed by atoms with Crippen molar-refractivity contribution in [2.45, 2.75) is 64.5 Å². The first-order chi connectivity index (χ1) is 11.9. The summed E-state index contributed by atoms with van der Waals surface area (Å²) in [5.41, 5.74) is 4.61. The van der Waals surface area contributed by atoms with Crippen LogP contribution in [0.3, 0.4) is 0 Å². The van der Waals surface area contributed by atoms with Gasteiger partial charge in [0.2, 0.25) is 0 Å². The molecule has 1 fully saturated rings. The number of aromatic nitrogens is 2. The number of carbonyl (C=O) groups is 1. The molecule has 1 saturated heterocycles. The van der Waals surface area contributed by atoms with Gasteiger partial charge in [0.15, 0.2) is 0 Å². The molecule has 5 nitrogen and oxygen atoms in total. The van der Waals surface area contributed by atoms with Crippen molar-refractivity contribution in [3.8, 4) is 0 Å². The van der Waals surface area contributed by atoms with E-state index in [1.807, 2.05) is 32.0 Å². The zero-order valence-electron chi connectivity index (χ0n) is 15.6. The minimum absolute atomic E-state index is 0.182. The maximum Gasteiger partial charge on any atom is 0.410 e. The van der Waals surface area contributed by atoms with Gasteiger partial charge in [0.1, 0.15) is 5.60 Å². The van der Waals surface area contributed by atoms with Gasteiger partial charge in [-0.05, 0) is 63.8 Å². The first-order valence-corrected chi connectivity index (χ1v) is 9.32.